The van der Waals surface area contributed by atoms with Crippen LogP contribution in [0.15, 0.2) is 86.5 Å². The lowest BCUT2D eigenvalue weighted by Crippen LogP contribution is -2.00. The van der Waals surface area contributed by atoms with Crippen LogP contribution in [-0.2, 0) is 0 Å². The molecule has 1 N–H and O–H groups in total. The lowest BCUT2D eigenvalue weighted by molar-refractivity contribution is 0.979. The Kier molecular flexibility index (Phi) is 5.40. The number of hydrogen-bond acceptors (Lipinski definition) is 12. The minimum Gasteiger partial charge on any atom is -0.351 e. The molecule has 13 heteroatoms. The Bertz CT molecular complexity index is 1880. The van der Waals surface area contributed by atoms with Gasteiger partial charge in [-0.25, -0.2) is 29.9 Å². The Labute approximate surface area is 219 Å². The first-order valence-electron chi connectivity index (χ1n) is 11.7. The predicted molar refractivity (Wildman–Crippen MR) is 139 cm³/mol. The van der Waals surface area contributed by atoms with Crippen LogP contribution in [0.25, 0.3) is 67.7 Å². The molecule has 0 saturated heterocycles. The van der Waals surface area contributed by atoms with E-state index in [2.05, 4.69) is 65.3 Å². The minimum atomic E-state index is 0.372. The molecule has 0 radical (unpaired) electrons. The topological polar surface area (TPSA) is 170 Å². The second-order valence-electron chi connectivity index (χ2n) is 8.17. The van der Waals surface area contributed by atoms with Crippen LogP contribution in [0.4, 0.5) is 0 Å². The van der Waals surface area contributed by atoms with E-state index in [1.165, 1.54) is 18.9 Å². The van der Waals surface area contributed by atoms with Gasteiger partial charge in [0, 0.05) is 64.8 Å². The average Bonchev–Trinajstić information content (AvgIpc) is 3.42. The zero-order valence-electron chi connectivity index (χ0n) is 19.9. The van der Waals surface area contributed by atoms with E-state index in [-0.39, 0.29) is 0 Å². The van der Waals surface area contributed by atoms with Gasteiger partial charge in [-0.15, -0.1) is 5.10 Å². The van der Waals surface area contributed by atoms with Crippen LogP contribution in [0, 0.1) is 0 Å². The molecule has 6 aromatic heterocycles. The third-order valence-corrected chi connectivity index (χ3v) is 5.97. The second-order valence-corrected chi connectivity index (χ2v) is 8.17. The quantitative estimate of drug-likeness (QED) is 0.360. The first-order valence-corrected chi connectivity index (χ1v) is 11.7. The Balaban J connectivity index is 1.71. The maximum atomic E-state index is 4.60. The Morgan fingerprint density at radius 3 is 2.13 bits per heavy atom. The maximum absolute atomic E-state index is 4.60. The van der Waals surface area contributed by atoms with Gasteiger partial charge >= 0.3 is 0 Å². The summed E-state index contributed by atoms with van der Waals surface area (Å²) in [6.45, 7) is 0. The molecular formula is C26H15N13. The predicted octanol–water partition coefficient (Wildman–Crippen LogP) is 3.24. The van der Waals surface area contributed by atoms with Crippen molar-refractivity contribution in [1.82, 2.24) is 65.3 Å². The van der Waals surface area contributed by atoms with Crippen LogP contribution in [0.1, 0.15) is 0 Å². The molecule has 39 heavy (non-hydrogen) atoms. The van der Waals surface area contributed by atoms with E-state index in [1.54, 1.807) is 49.4 Å². The molecule has 0 unspecified atom stereocenters. The smallest absolute Gasteiger partial charge is 0.184 e. The third kappa shape index (κ3) is 3.90. The van der Waals surface area contributed by atoms with E-state index in [9.17, 15) is 0 Å². The summed E-state index contributed by atoms with van der Waals surface area (Å²) in [5.74, 6) is 1.26. The fourth-order valence-corrected chi connectivity index (χ4v) is 4.48. The van der Waals surface area contributed by atoms with Crippen LogP contribution in [0.3, 0.4) is 0 Å². The summed E-state index contributed by atoms with van der Waals surface area (Å²) in [5, 5.41) is 17.8. The Morgan fingerprint density at radius 1 is 0.564 bits per heavy atom. The van der Waals surface area contributed by atoms with E-state index < -0.39 is 0 Å². The SMILES string of the molecule is c1cnc(-c2c(-c3cnccn3)cc3[nH]c(-c4ncncn4)c(-c4nccnn4)c3c2-c2cccnn2)nc1. The zero-order chi connectivity index (χ0) is 26.0. The van der Waals surface area contributed by atoms with Crippen molar-refractivity contribution in [2.45, 2.75) is 0 Å². The monoisotopic (exact) mass is 509 g/mol. The van der Waals surface area contributed by atoms with Gasteiger partial charge < -0.3 is 4.98 Å². The lowest BCUT2D eigenvalue weighted by atomic mass is 9.90. The molecule has 0 saturated carbocycles. The molecule has 0 spiro atoms. The van der Waals surface area contributed by atoms with Gasteiger partial charge in [-0.2, -0.15) is 15.3 Å². The maximum Gasteiger partial charge on any atom is 0.184 e. The molecule has 0 aliphatic rings. The van der Waals surface area contributed by atoms with Gasteiger partial charge in [0.05, 0.1) is 35.0 Å². The summed E-state index contributed by atoms with van der Waals surface area (Å²) in [6, 6.07) is 7.42. The molecule has 0 aliphatic carbocycles. The molecular weight excluding hydrogens is 494 g/mol. The summed E-state index contributed by atoms with van der Waals surface area (Å²) in [7, 11) is 0. The number of fused-ring (bicyclic) bond motifs is 1. The zero-order valence-corrected chi connectivity index (χ0v) is 19.9. The summed E-state index contributed by atoms with van der Waals surface area (Å²) < 4.78 is 0. The molecule has 7 rings (SSSR count). The highest BCUT2D eigenvalue weighted by Crippen LogP contribution is 2.47. The van der Waals surface area contributed by atoms with Gasteiger partial charge in [0.25, 0.3) is 0 Å². The summed E-state index contributed by atoms with van der Waals surface area (Å²) in [4.78, 5) is 38.8. The van der Waals surface area contributed by atoms with E-state index in [1.807, 2.05) is 18.2 Å². The highest BCUT2D eigenvalue weighted by Gasteiger charge is 2.28. The first-order chi connectivity index (χ1) is 19.4. The number of aromatic amines is 1. The van der Waals surface area contributed by atoms with Crippen LogP contribution < -0.4 is 0 Å². The molecule has 0 bridgehead atoms. The van der Waals surface area contributed by atoms with Crippen LogP contribution in [0.2, 0.25) is 0 Å². The number of hydrogen-bond donors (Lipinski definition) is 1. The molecule has 13 nitrogen and oxygen atoms in total. The Morgan fingerprint density at radius 2 is 1.38 bits per heavy atom. The van der Waals surface area contributed by atoms with E-state index in [4.69, 9.17) is 0 Å². The summed E-state index contributed by atoms with van der Waals surface area (Å²) >= 11 is 0. The highest BCUT2D eigenvalue weighted by atomic mass is 15.1. The molecule has 0 atom stereocenters. The van der Waals surface area contributed by atoms with Crippen molar-refractivity contribution < 1.29 is 0 Å². The van der Waals surface area contributed by atoms with Crippen molar-refractivity contribution in [3.05, 3.63) is 86.5 Å². The fraction of sp³-hybridized carbons (Fsp3) is 0. The van der Waals surface area contributed by atoms with E-state index >= 15 is 0 Å². The van der Waals surface area contributed by atoms with Crippen molar-refractivity contribution in [2.24, 2.45) is 0 Å². The molecule has 7 aromatic rings. The van der Waals surface area contributed by atoms with Crippen LogP contribution >= 0.6 is 0 Å². The molecule has 0 fully saturated rings. The molecule has 0 aliphatic heterocycles. The number of nitrogens with zero attached hydrogens (tertiary/aromatic N) is 12. The van der Waals surface area contributed by atoms with Gasteiger partial charge in [-0.3, -0.25) is 9.97 Å². The normalized spacial score (nSPS) is 11.1. The third-order valence-electron chi connectivity index (χ3n) is 5.97. The van der Waals surface area contributed by atoms with Crippen molar-refractivity contribution >= 4 is 10.9 Å². The largest absolute Gasteiger partial charge is 0.351 e. The first kappa shape index (κ1) is 22.2. The summed E-state index contributed by atoms with van der Waals surface area (Å²) in [5.41, 5.74) is 5.29. The molecule has 6 heterocycles. The molecule has 184 valence electrons. The van der Waals surface area contributed by atoms with Crippen molar-refractivity contribution in [3.63, 3.8) is 0 Å². The van der Waals surface area contributed by atoms with Gasteiger partial charge in [0.1, 0.15) is 12.7 Å². The van der Waals surface area contributed by atoms with Crippen molar-refractivity contribution in [2.75, 3.05) is 0 Å². The Hall–Kier alpha value is -5.98. The lowest BCUT2D eigenvalue weighted by Gasteiger charge is -2.15. The minimum absolute atomic E-state index is 0.372. The summed E-state index contributed by atoms with van der Waals surface area (Å²) in [6.07, 6.45) is 15.9. The number of benzene rings is 1. The highest BCUT2D eigenvalue weighted by molar-refractivity contribution is 6.15. The number of nitrogens with one attached hydrogen (secondary N) is 1. The van der Waals surface area contributed by atoms with E-state index in [0.29, 0.717) is 51.2 Å². The van der Waals surface area contributed by atoms with Gasteiger partial charge in [-0.1, -0.05) is 0 Å². The van der Waals surface area contributed by atoms with Gasteiger partial charge in [0.2, 0.25) is 0 Å². The standard InChI is InChI=1S/C26H15N13/c1-3-16(38-35-6-1)20-19(24-30-4-2-5-31-24)15(18-12-27-7-8-29-18)11-17-21(20)22(25-32-9-10-36-39-25)23(37-17)26-33-13-28-14-34-26/h1-14,37H. The number of rotatable bonds is 5. The van der Waals surface area contributed by atoms with Gasteiger partial charge in [-0.05, 0) is 24.3 Å². The second kappa shape index (κ2) is 9.48. The van der Waals surface area contributed by atoms with Crippen molar-refractivity contribution in [3.8, 4) is 56.8 Å². The van der Waals surface area contributed by atoms with Gasteiger partial charge in [0.15, 0.2) is 17.5 Å². The van der Waals surface area contributed by atoms with Crippen LogP contribution in [0.5, 0.6) is 0 Å². The average molecular weight is 509 g/mol. The molecule has 1 aromatic carbocycles. The fourth-order valence-electron chi connectivity index (χ4n) is 4.48. The molecule has 0 amide bonds. The van der Waals surface area contributed by atoms with Crippen LogP contribution in [-0.4, -0.2) is 65.3 Å². The number of aromatic nitrogens is 13. The number of H-pyrrole nitrogens is 1. The van der Waals surface area contributed by atoms with E-state index in [0.717, 1.165) is 16.5 Å². The van der Waals surface area contributed by atoms with Crippen molar-refractivity contribution in [1.29, 1.82) is 0 Å².